The second-order valence-electron chi connectivity index (χ2n) is 3.14. The number of hydrogen-bond acceptors (Lipinski definition) is 5. The summed E-state index contributed by atoms with van der Waals surface area (Å²) in [6.45, 7) is -0.934. The van der Waals surface area contributed by atoms with Crippen molar-refractivity contribution in [1.29, 1.82) is 0 Å². The summed E-state index contributed by atoms with van der Waals surface area (Å²) in [7, 11) is 1.54. The van der Waals surface area contributed by atoms with Crippen molar-refractivity contribution in [3.05, 3.63) is 24.3 Å². The van der Waals surface area contributed by atoms with Crippen LogP contribution in [0.25, 0.3) is 0 Å². The number of hydrogen-bond donors (Lipinski definition) is 1. The molecule has 0 aromatic heterocycles. The largest absolute Gasteiger partial charge is 0.548 e. The fourth-order valence-electron chi connectivity index (χ4n) is 1.10. The molecule has 1 rings (SSSR count). The number of aliphatic carboxylic acids is 1. The van der Waals surface area contributed by atoms with Crippen LogP contribution in [0.1, 0.15) is 0 Å². The number of anilines is 1. The fourth-order valence-corrected chi connectivity index (χ4v) is 1.10. The van der Waals surface area contributed by atoms with E-state index >= 15 is 0 Å². The van der Waals surface area contributed by atoms with Crippen LogP contribution in [0.4, 0.5) is 5.69 Å². The summed E-state index contributed by atoms with van der Waals surface area (Å²) >= 11 is 0. The summed E-state index contributed by atoms with van der Waals surface area (Å²) in [6, 6.07) is 6.71. The molecule has 6 heteroatoms. The fraction of sp³-hybridized carbons (Fsp3) is 0.273. The van der Waals surface area contributed by atoms with Gasteiger partial charge in [-0.25, -0.2) is 0 Å². The number of rotatable bonds is 6. The molecule has 0 saturated heterocycles. The lowest BCUT2D eigenvalue weighted by Gasteiger charge is -2.07. The Morgan fingerprint density at radius 2 is 1.88 bits per heavy atom. The highest BCUT2D eigenvalue weighted by Gasteiger charge is 2.02. The van der Waals surface area contributed by atoms with Crippen LogP contribution in [0.5, 0.6) is 5.75 Å². The molecule has 0 saturated carbocycles. The molecular formula is C11H12NO5-. The van der Waals surface area contributed by atoms with Gasteiger partial charge in [-0.2, -0.15) is 0 Å². The Hall–Kier alpha value is -2.08. The van der Waals surface area contributed by atoms with Gasteiger partial charge in [0.15, 0.2) is 0 Å². The maximum Gasteiger partial charge on any atom is 0.250 e. The van der Waals surface area contributed by atoms with E-state index in [0.29, 0.717) is 11.4 Å². The van der Waals surface area contributed by atoms with Crippen LogP contribution in [0.3, 0.4) is 0 Å². The third-order valence-electron chi connectivity index (χ3n) is 1.83. The maximum atomic E-state index is 11.3. The molecule has 1 aromatic carbocycles. The zero-order valence-corrected chi connectivity index (χ0v) is 9.26. The summed E-state index contributed by atoms with van der Waals surface area (Å²) < 4.78 is 9.53. The van der Waals surface area contributed by atoms with Crippen molar-refractivity contribution < 1.29 is 24.2 Å². The Kier molecular flexibility index (Phi) is 4.96. The summed E-state index contributed by atoms with van der Waals surface area (Å²) in [6.07, 6.45) is 0. The lowest BCUT2D eigenvalue weighted by molar-refractivity contribution is -0.309. The topological polar surface area (TPSA) is 87.7 Å². The minimum Gasteiger partial charge on any atom is -0.548 e. The van der Waals surface area contributed by atoms with E-state index in [0.717, 1.165) is 0 Å². The van der Waals surface area contributed by atoms with Gasteiger partial charge in [0, 0.05) is 5.69 Å². The molecule has 17 heavy (non-hydrogen) atoms. The van der Waals surface area contributed by atoms with Crippen molar-refractivity contribution in [2.75, 3.05) is 25.6 Å². The van der Waals surface area contributed by atoms with Crippen LogP contribution in [0.2, 0.25) is 0 Å². The van der Waals surface area contributed by atoms with Crippen molar-refractivity contribution in [1.82, 2.24) is 0 Å². The third kappa shape index (κ3) is 4.98. The highest BCUT2D eigenvalue weighted by Crippen LogP contribution is 2.14. The molecule has 1 aromatic rings. The molecule has 0 radical (unpaired) electrons. The van der Waals surface area contributed by atoms with Crippen LogP contribution < -0.4 is 15.2 Å². The van der Waals surface area contributed by atoms with E-state index in [1.807, 2.05) is 0 Å². The molecule has 0 aliphatic rings. The van der Waals surface area contributed by atoms with Crippen molar-refractivity contribution in [2.45, 2.75) is 0 Å². The Balaban J connectivity index is 2.37. The number of benzene rings is 1. The second kappa shape index (κ2) is 6.49. The van der Waals surface area contributed by atoms with Gasteiger partial charge in [-0.3, -0.25) is 4.79 Å². The van der Waals surface area contributed by atoms with Crippen LogP contribution in [-0.2, 0) is 14.3 Å². The van der Waals surface area contributed by atoms with Gasteiger partial charge in [0.1, 0.15) is 12.4 Å². The Morgan fingerprint density at radius 3 is 2.41 bits per heavy atom. The smallest absolute Gasteiger partial charge is 0.250 e. The van der Waals surface area contributed by atoms with Gasteiger partial charge in [-0.05, 0) is 24.3 Å². The molecule has 0 bridgehead atoms. The molecular weight excluding hydrogens is 226 g/mol. The number of methoxy groups -OCH3 is 1. The van der Waals surface area contributed by atoms with Gasteiger partial charge >= 0.3 is 0 Å². The first-order valence-electron chi connectivity index (χ1n) is 4.83. The highest BCUT2D eigenvalue weighted by atomic mass is 16.5. The molecule has 6 nitrogen and oxygen atoms in total. The molecule has 92 valence electrons. The SMILES string of the molecule is COc1ccc(NC(=O)COCC(=O)[O-])cc1. The van der Waals surface area contributed by atoms with Gasteiger partial charge in [0.25, 0.3) is 0 Å². The maximum absolute atomic E-state index is 11.3. The number of ether oxygens (including phenoxy) is 2. The number of carboxylic acid groups (broad SMARTS) is 1. The lowest BCUT2D eigenvalue weighted by atomic mass is 10.3. The third-order valence-corrected chi connectivity index (χ3v) is 1.83. The van der Waals surface area contributed by atoms with Crippen molar-refractivity contribution in [3.8, 4) is 5.75 Å². The van der Waals surface area contributed by atoms with Crippen LogP contribution in [-0.4, -0.2) is 32.2 Å². The quantitative estimate of drug-likeness (QED) is 0.715. The van der Waals surface area contributed by atoms with Crippen LogP contribution in [0.15, 0.2) is 24.3 Å². The van der Waals surface area contributed by atoms with E-state index in [1.165, 1.54) is 0 Å². The Labute approximate surface area is 98.2 Å². The second-order valence-corrected chi connectivity index (χ2v) is 3.14. The molecule has 0 spiro atoms. The van der Waals surface area contributed by atoms with Gasteiger partial charge in [0.2, 0.25) is 5.91 Å². The number of carbonyl (C=O) groups excluding carboxylic acids is 2. The predicted octanol–water partition coefficient (Wildman–Crippen LogP) is -0.600. The first-order chi connectivity index (χ1) is 8.11. The van der Waals surface area contributed by atoms with Crippen molar-refractivity contribution in [3.63, 3.8) is 0 Å². The predicted molar refractivity (Wildman–Crippen MR) is 57.4 cm³/mol. The molecule has 0 aliphatic heterocycles. The first-order valence-corrected chi connectivity index (χ1v) is 4.83. The molecule has 0 unspecified atom stereocenters. The lowest BCUT2D eigenvalue weighted by Crippen LogP contribution is -2.29. The highest BCUT2D eigenvalue weighted by molar-refractivity contribution is 5.91. The minimum atomic E-state index is -1.36. The molecule has 0 aliphatic carbocycles. The van der Waals surface area contributed by atoms with Crippen molar-refractivity contribution >= 4 is 17.6 Å². The average Bonchev–Trinajstić information content (AvgIpc) is 2.29. The molecule has 0 fully saturated rings. The summed E-state index contributed by atoms with van der Waals surface area (Å²) in [5.41, 5.74) is 0.577. The molecule has 1 N–H and O–H groups in total. The van der Waals surface area contributed by atoms with E-state index in [-0.39, 0.29) is 6.61 Å². The monoisotopic (exact) mass is 238 g/mol. The Bertz CT molecular complexity index is 387. The number of amides is 1. The Morgan fingerprint density at radius 1 is 1.24 bits per heavy atom. The van der Waals surface area contributed by atoms with Gasteiger partial charge in [-0.15, -0.1) is 0 Å². The average molecular weight is 238 g/mol. The van der Waals surface area contributed by atoms with Gasteiger partial charge in [0.05, 0.1) is 19.7 Å². The van der Waals surface area contributed by atoms with E-state index in [2.05, 4.69) is 10.1 Å². The van der Waals surface area contributed by atoms with E-state index in [4.69, 9.17) is 4.74 Å². The summed E-state index contributed by atoms with van der Waals surface area (Å²) in [4.78, 5) is 21.3. The van der Waals surface area contributed by atoms with E-state index in [1.54, 1.807) is 31.4 Å². The summed E-state index contributed by atoms with van der Waals surface area (Å²) in [5.74, 6) is -1.12. The zero-order valence-electron chi connectivity index (χ0n) is 9.26. The first kappa shape index (κ1) is 13.0. The van der Waals surface area contributed by atoms with E-state index in [9.17, 15) is 14.7 Å². The van der Waals surface area contributed by atoms with Crippen molar-refractivity contribution in [2.24, 2.45) is 0 Å². The van der Waals surface area contributed by atoms with Gasteiger partial charge < -0.3 is 24.7 Å². The zero-order chi connectivity index (χ0) is 12.7. The molecule has 1 amide bonds. The van der Waals surface area contributed by atoms with Crippen LogP contribution >= 0.6 is 0 Å². The minimum absolute atomic E-state index is 0.333. The number of carbonyl (C=O) groups is 2. The normalized spacial score (nSPS) is 9.71. The number of carboxylic acids is 1. The van der Waals surface area contributed by atoms with Gasteiger partial charge in [-0.1, -0.05) is 0 Å². The molecule has 0 atom stereocenters. The molecule has 0 heterocycles. The van der Waals surface area contributed by atoms with Crippen LogP contribution in [0, 0.1) is 0 Å². The van der Waals surface area contributed by atoms with E-state index < -0.39 is 18.5 Å². The number of nitrogens with one attached hydrogen (secondary N) is 1. The standard InChI is InChI=1S/C11H13NO5/c1-16-9-4-2-8(3-5-9)12-10(13)6-17-7-11(14)15/h2-5H,6-7H2,1H3,(H,12,13)(H,14,15)/p-1. The summed E-state index contributed by atoms with van der Waals surface area (Å²) in [5, 5.41) is 12.6.